The molecule has 0 saturated carbocycles. The van der Waals surface area contributed by atoms with Gasteiger partial charge in [0.15, 0.2) is 6.29 Å². The van der Waals surface area contributed by atoms with Crippen LogP contribution in [0.3, 0.4) is 0 Å². The molecule has 6 heteroatoms. The summed E-state index contributed by atoms with van der Waals surface area (Å²) in [7, 11) is 0. The molecule has 1 aliphatic rings. The van der Waals surface area contributed by atoms with Crippen LogP contribution in [-0.2, 0) is 9.47 Å². The molecule has 1 heterocycles. The Balaban J connectivity index is 1.43. The first-order valence-electron chi connectivity index (χ1n) is 13.6. The lowest BCUT2D eigenvalue weighted by Gasteiger charge is -2.30. The third-order valence-corrected chi connectivity index (χ3v) is 6.47. The number of rotatable bonds is 15. The van der Waals surface area contributed by atoms with E-state index in [1.165, 1.54) is 50.7 Å². The summed E-state index contributed by atoms with van der Waals surface area (Å²) >= 11 is 0. The summed E-state index contributed by atoms with van der Waals surface area (Å²) < 4.78 is 37.5. The number of halogens is 1. The fraction of sp³-hybridized carbons (Fsp3) is 0.567. The Morgan fingerprint density at radius 1 is 0.861 bits per heavy atom. The van der Waals surface area contributed by atoms with Gasteiger partial charge in [0.1, 0.15) is 17.3 Å². The fourth-order valence-corrected chi connectivity index (χ4v) is 4.26. The van der Waals surface area contributed by atoms with Gasteiger partial charge in [-0.15, -0.1) is 0 Å². The van der Waals surface area contributed by atoms with Gasteiger partial charge < -0.3 is 18.9 Å². The van der Waals surface area contributed by atoms with Gasteiger partial charge in [-0.1, -0.05) is 71.3 Å². The van der Waals surface area contributed by atoms with Crippen molar-refractivity contribution in [2.45, 2.75) is 84.3 Å². The number of hydrogen-bond donors (Lipinski definition) is 0. The lowest BCUT2D eigenvalue weighted by Crippen LogP contribution is -2.27. The molecule has 0 unspecified atom stereocenters. The molecule has 0 radical (unpaired) electrons. The van der Waals surface area contributed by atoms with Crippen molar-refractivity contribution in [1.82, 2.24) is 0 Å². The molecule has 198 valence electrons. The normalized spacial score (nSPS) is 17.6. The highest BCUT2D eigenvalue weighted by Crippen LogP contribution is 2.30. The zero-order valence-electron chi connectivity index (χ0n) is 21.8. The topological polar surface area (TPSA) is 54.0 Å². The zero-order chi connectivity index (χ0) is 25.6. The van der Waals surface area contributed by atoms with Crippen LogP contribution < -0.4 is 9.47 Å². The molecule has 1 fully saturated rings. The van der Waals surface area contributed by atoms with E-state index >= 15 is 0 Å². The van der Waals surface area contributed by atoms with Crippen LogP contribution in [-0.4, -0.2) is 25.8 Å². The molecule has 2 aromatic carbocycles. The summed E-state index contributed by atoms with van der Waals surface area (Å²) in [6.45, 7) is 6.14. The quantitative estimate of drug-likeness (QED) is 0.141. The van der Waals surface area contributed by atoms with Crippen LogP contribution in [0.15, 0.2) is 42.5 Å². The van der Waals surface area contributed by atoms with Gasteiger partial charge in [0.05, 0.1) is 25.4 Å². The SMILES string of the molecule is CCCCCCCCC1COC(c2ccc(C(=O)Oc3ccc(OCCCCC)cc3)cc2F)OC1. The Kier molecular flexibility index (Phi) is 12.2. The Morgan fingerprint density at radius 2 is 1.50 bits per heavy atom. The lowest BCUT2D eigenvalue weighted by molar-refractivity contribution is -0.207. The summed E-state index contributed by atoms with van der Waals surface area (Å²) in [4.78, 5) is 12.5. The molecule has 5 nitrogen and oxygen atoms in total. The second-order valence-corrected chi connectivity index (χ2v) is 9.57. The van der Waals surface area contributed by atoms with E-state index in [1.54, 1.807) is 30.3 Å². The van der Waals surface area contributed by atoms with Crippen molar-refractivity contribution < 1.29 is 28.1 Å². The predicted octanol–water partition coefficient (Wildman–Crippen LogP) is 8.03. The molecule has 0 aliphatic carbocycles. The van der Waals surface area contributed by atoms with Crippen LogP contribution in [0.2, 0.25) is 0 Å². The molecule has 0 amide bonds. The number of ether oxygens (including phenoxy) is 4. The molecule has 0 spiro atoms. The third-order valence-electron chi connectivity index (χ3n) is 6.47. The standard InChI is InChI=1S/C30H41FO5/c1-3-5-7-8-9-10-12-23-21-34-30(35-22-23)27-18-13-24(20-28(27)31)29(32)36-26-16-14-25(15-17-26)33-19-11-6-4-2/h13-18,20,23,30H,3-12,19,21-22H2,1-2H3. The van der Waals surface area contributed by atoms with Crippen LogP contribution >= 0.6 is 0 Å². The molecule has 0 bridgehead atoms. The van der Waals surface area contributed by atoms with Crippen LogP contribution in [0.5, 0.6) is 11.5 Å². The number of hydrogen-bond acceptors (Lipinski definition) is 5. The van der Waals surface area contributed by atoms with E-state index in [-0.39, 0.29) is 5.56 Å². The van der Waals surface area contributed by atoms with Crippen molar-refractivity contribution in [1.29, 1.82) is 0 Å². The van der Waals surface area contributed by atoms with E-state index in [1.807, 2.05) is 0 Å². The Labute approximate surface area is 215 Å². The summed E-state index contributed by atoms with van der Waals surface area (Å²) in [5.74, 6) is 0.280. The van der Waals surface area contributed by atoms with Crippen LogP contribution in [0.4, 0.5) is 4.39 Å². The van der Waals surface area contributed by atoms with Crippen LogP contribution in [0.1, 0.15) is 100 Å². The summed E-state index contributed by atoms with van der Waals surface area (Å²) in [5.41, 5.74) is 0.432. The van der Waals surface area contributed by atoms with E-state index in [9.17, 15) is 9.18 Å². The van der Waals surface area contributed by atoms with Gasteiger partial charge in [0.2, 0.25) is 0 Å². The fourth-order valence-electron chi connectivity index (χ4n) is 4.26. The van der Waals surface area contributed by atoms with Crippen LogP contribution in [0, 0.1) is 11.7 Å². The maximum atomic E-state index is 14.8. The van der Waals surface area contributed by atoms with E-state index < -0.39 is 18.1 Å². The molecule has 36 heavy (non-hydrogen) atoms. The highest BCUT2D eigenvalue weighted by Gasteiger charge is 2.26. The van der Waals surface area contributed by atoms with Crippen molar-refractivity contribution >= 4 is 5.97 Å². The Hall–Kier alpha value is -2.44. The minimum absolute atomic E-state index is 0.132. The number of carbonyl (C=O) groups excluding carboxylic acids is 1. The highest BCUT2D eigenvalue weighted by atomic mass is 19.1. The monoisotopic (exact) mass is 500 g/mol. The molecular formula is C30H41FO5. The molecule has 0 N–H and O–H groups in total. The van der Waals surface area contributed by atoms with Crippen molar-refractivity contribution in [3.8, 4) is 11.5 Å². The molecule has 3 rings (SSSR count). The van der Waals surface area contributed by atoms with Crippen molar-refractivity contribution in [2.24, 2.45) is 5.92 Å². The largest absolute Gasteiger partial charge is 0.494 e. The summed E-state index contributed by atoms with van der Waals surface area (Å²) in [6.07, 6.45) is 11.2. The lowest BCUT2D eigenvalue weighted by atomic mass is 10.0. The van der Waals surface area contributed by atoms with Crippen molar-refractivity contribution in [2.75, 3.05) is 19.8 Å². The van der Waals surface area contributed by atoms with Gasteiger partial charge in [0, 0.05) is 11.5 Å². The first-order chi connectivity index (χ1) is 17.6. The maximum Gasteiger partial charge on any atom is 0.343 e. The number of esters is 1. The minimum Gasteiger partial charge on any atom is -0.494 e. The molecular weight excluding hydrogens is 459 g/mol. The second kappa shape index (κ2) is 15.6. The first-order valence-corrected chi connectivity index (χ1v) is 13.6. The summed E-state index contributed by atoms with van der Waals surface area (Å²) in [6, 6.07) is 11.1. The average Bonchev–Trinajstić information content (AvgIpc) is 2.90. The zero-order valence-corrected chi connectivity index (χ0v) is 21.8. The Bertz CT molecular complexity index is 906. The van der Waals surface area contributed by atoms with E-state index in [0.29, 0.717) is 37.1 Å². The highest BCUT2D eigenvalue weighted by molar-refractivity contribution is 5.91. The number of benzene rings is 2. The van der Waals surface area contributed by atoms with Gasteiger partial charge in [-0.05, 0) is 49.2 Å². The summed E-state index contributed by atoms with van der Waals surface area (Å²) in [5, 5.41) is 0. The smallest absolute Gasteiger partial charge is 0.343 e. The van der Waals surface area contributed by atoms with Crippen molar-refractivity contribution in [3.05, 3.63) is 59.4 Å². The van der Waals surface area contributed by atoms with Gasteiger partial charge in [0.25, 0.3) is 0 Å². The van der Waals surface area contributed by atoms with E-state index in [2.05, 4.69) is 13.8 Å². The number of unbranched alkanes of at least 4 members (excludes halogenated alkanes) is 7. The second-order valence-electron chi connectivity index (χ2n) is 9.57. The third kappa shape index (κ3) is 9.21. The maximum absolute atomic E-state index is 14.8. The molecule has 1 saturated heterocycles. The number of carbonyl (C=O) groups is 1. The van der Waals surface area contributed by atoms with Gasteiger partial charge in [-0.3, -0.25) is 0 Å². The molecule has 2 aromatic rings. The van der Waals surface area contributed by atoms with Crippen molar-refractivity contribution in [3.63, 3.8) is 0 Å². The van der Waals surface area contributed by atoms with Gasteiger partial charge in [-0.25, -0.2) is 9.18 Å². The molecule has 0 aromatic heterocycles. The van der Waals surface area contributed by atoms with Crippen LogP contribution in [0.25, 0.3) is 0 Å². The molecule has 0 atom stereocenters. The van der Waals surface area contributed by atoms with Gasteiger partial charge in [-0.2, -0.15) is 0 Å². The van der Waals surface area contributed by atoms with Gasteiger partial charge >= 0.3 is 5.97 Å². The molecule has 1 aliphatic heterocycles. The van der Waals surface area contributed by atoms with E-state index in [0.717, 1.165) is 31.4 Å². The Morgan fingerprint density at radius 3 is 2.19 bits per heavy atom. The van der Waals surface area contributed by atoms with E-state index in [4.69, 9.17) is 18.9 Å². The predicted molar refractivity (Wildman–Crippen MR) is 139 cm³/mol. The minimum atomic E-state index is -0.749. The first kappa shape index (κ1) is 28.1. The average molecular weight is 501 g/mol.